The summed E-state index contributed by atoms with van der Waals surface area (Å²) in [4.78, 5) is 0. The third-order valence-electron chi connectivity index (χ3n) is 7.62. The van der Waals surface area contributed by atoms with Gasteiger partial charge in [0.05, 0.1) is 0 Å². The van der Waals surface area contributed by atoms with Crippen LogP contribution in [0.4, 0.5) is 0 Å². The molecule has 0 saturated carbocycles. The molecular weight excluding hydrogens is 544 g/mol. The quantitative estimate of drug-likeness (QED) is 0.0599. The normalized spacial score (nSPS) is 11.9. The first kappa shape index (κ1) is 35.4. The van der Waals surface area contributed by atoms with E-state index in [-0.39, 0.29) is 0 Å². The zero-order chi connectivity index (χ0) is 25.7. The molecule has 0 spiro atoms. The summed E-state index contributed by atoms with van der Waals surface area (Å²) in [5.41, 5.74) is 0. The summed E-state index contributed by atoms with van der Waals surface area (Å²) < 4.78 is 25.8. The Morgan fingerprint density at radius 1 is 0.286 bits per heavy atom. The first-order chi connectivity index (χ1) is 17.1. The van der Waals surface area contributed by atoms with E-state index in [0.717, 1.165) is 25.7 Å². The van der Waals surface area contributed by atoms with Crippen LogP contribution in [0, 0.1) is 0 Å². The molecule has 0 atom stereocenters. The topological polar surface area (TPSA) is 34.1 Å². The average molecular weight is 610 g/mol. The Bertz CT molecular complexity index is 448. The zero-order valence-corrected chi connectivity index (χ0v) is 26.8. The molecule has 0 fully saturated rings. The third kappa shape index (κ3) is 30.5. The molecule has 0 aliphatic carbocycles. The molecule has 0 radical (unpaired) electrons. The van der Waals surface area contributed by atoms with E-state index < -0.39 is 18.1 Å². The van der Waals surface area contributed by atoms with Gasteiger partial charge in [0.15, 0.2) is 0 Å². The van der Waals surface area contributed by atoms with Gasteiger partial charge in [-0.15, -0.1) is 0 Å². The van der Waals surface area contributed by atoms with Crippen LogP contribution in [0.3, 0.4) is 0 Å². The molecule has 0 aromatic rings. The third-order valence-corrected chi connectivity index (χ3v) is 12.8. The van der Waals surface area contributed by atoms with Gasteiger partial charge < -0.3 is 0 Å². The van der Waals surface area contributed by atoms with E-state index in [1.807, 2.05) is 0 Å². The maximum atomic E-state index is 12.4. The van der Waals surface area contributed by atoms with Crippen LogP contribution >= 0.6 is 0 Å². The molecule has 0 saturated heterocycles. The maximum absolute atomic E-state index is 12.4. The smallest absolute Gasteiger partial charge is 0.0654 e. The standard InChI is InChI=1S/C32H66O2Te/c1-3-5-7-9-11-13-15-17-19-21-23-25-27-29-31-35(33,34)32-30-28-26-24-22-20-18-16-14-12-10-8-6-4-2/h3-32H2,1-2H3. The molecule has 0 heterocycles. The first-order valence-corrected chi connectivity index (χ1v) is 21.5. The number of hydrogen-bond donors (Lipinski definition) is 0. The average Bonchev–Trinajstić information content (AvgIpc) is 2.84. The fraction of sp³-hybridized carbons (Fsp3) is 1.00. The van der Waals surface area contributed by atoms with E-state index in [1.54, 1.807) is 0 Å². The monoisotopic (exact) mass is 612 g/mol. The molecule has 0 unspecified atom stereocenters. The minimum atomic E-state index is -3.96. The molecule has 0 amide bonds. The van der Waals surface area contributed by atoms with Crippen molar-refractivity contribution in [3.8, 4) is 0 Å². The minimum Gasteiger partial charge on any atom is -0.0654 e. The molecule has 0 aromatic heterocycles. The first-order valence-electron chi connectivity index (χ1n) is 16.3. The molecule has 0 aromatic carbocycles. The molecule has 35 heavy (non-hydrogen) atoms. The van der Waals surface area contributed by atoms with Gasteiger partial charge >= 0.3 is 175 Å². The Morgan fingerprint density at radius 3 is 0.657 bits per heavy atom. The Hall–Kier alpha value is 0.390. The van der Waals surface area contributed by atoms with Crippen molar-refractivity contribution < 1.29 is 6.21 Å². The molecule has 3 heteroatoms. The van der Waals surface area contributed by atoms with Crippen molar-refractivity contribution in [3.05, 3.63) is 0 Å². The van der Waals surface area contributed by atoms with Gasteiger partial charge in [-0.2, -0.15) is 0 Å². The molecule has 0 aliphatic rings. The van der Waals surface area contributed by atoms with Gasteiger partial charge in [0.25, 0.3) is 0 Å². The van der Waals surface area contributed by atoms with Crippen molar-refractivity contribution in [1.29, 1.82) is 0 Å². The second kappa shape index (κ2) is 29.0. The number of hydrogen-bond acceptors (Lipinski definition) is 2. The van der Waals surface area contributed by atoms with Crippen molar-refractivity contribution in [2.75, 3.05) is 0 Å². The van der Waals surface area contributed by atoms with E-state index in [2.05, 4.69) is 13.8 Å². The van der Waals surface area contributed by atoms with Crippen LogP contribution in [-0.4, -0.2) is 18.1 Å². The van der Waals surface area contributed by atoms with Crippen molar-refractivity contribution in [3.63, 3.8) is 0 Å². The Morgan fingerprint density at radius 2 is 0.457 bits per heavy atom. The summed E-state index contributed by atoms with van der Waals surface area (Å²) in [5, 5.41) is 0. The molecular formula is C32H66O2Te. The summed E-state index contributed by atoms with van der Waals surface area (Å²) in [5.74, 6) is 0. The summed E-state index contributed by atoms with van der Waals surface area (Å²) >= 11 is -3.96. The van der Waals surface area contributed by atoms with Crippen LogP contribution in [-0.2, 0) is 6.21 Å². The van der Waals surface area contributed by atoms with Crippen LogP contribution in [0.25, 0.3) is 0 Å². The van der Waals surface area contributed by atoms with Gasteiger partial charge in [-0.05, 0) is 0 Å². The van der Waals surface area contributed by atoms with E-state index in [1.165, 1.54) is 154 Å². The van der Waals surface area contributed by atoms with Gasteiger partial charge in [-0.1, -0.05) is 52.4 Å². The van der Waals surface area contributed by atoms with E-state index in [0.29, 0.717) is 8.94 Å². The van der Waals surface area contributed by atoms with Crippen LogP contribution in [0.1, 0.15) is 194 Å². The second-order valence-corrected chi connectivity index (χ2v) is 17.9. The van der Waals surface area contributed by atoms with E-state index in [9.17, 15) is 6.21 Å². The predicted octanol–water partition coefficient (Wildman–Crippen LogP) is 12.3. The van der Waals surface area contributed by atoms with E-state index in [4.69, 9.17) is 0 Å². The van der Waals surface area contributed by atoms with Crippen LogP contribution in [0.2, 0.25) is 8.94 Å². The van der Waals surface area contributed by atoms with Crippen LogP contribution in [0.5, 0.6) is 0 Å². The fourth-order valence-corrected chi connectivity index (χ4v) is 9.39. The Labute approximate surface area is 226 Å². The summed E-state index contributed by atoms with van der Waals surface area (Å²) in [6.07, 6.45) is 37.1. The SMILES string of the molecule is CCCCCCCCCCCCCCCC[Te](=O)(=O)CCCCCCCCCCCCCCCC. The van der Waals surface area contributed by atoms with E-state index >= 15 is 0 Å². The molecule has 0 rings (SSSR count). The zero-order valence-electron chi connectivity index (χ0n) is 24.4. The van der Waals surface area contributed by atoms with Crippen molar-refractivity contribution >= 4 is 18.1 Å². The predicted molar refractivity (Wildman–Crippen MR) is 157 cm³/mol. The van der Waals surface area contributed by atoms with Crippen LogP contribution < -0.4 is 0 Å². The van der Waals surface area contributed by atoms with Gasteiger partial charge in [0.1, 0.15) is 0 Å². The van der Waals surface area contributed by atoms with Crippen molar-refractivity contribution in [2.24, 2.45) is 0 Å². The Balaban J connectivity index is 3.29. The van der Waals surface area contributed by atoms with Gasteiger partial charge in [0, 0.05) is 0 Å². The molecule has 0 bridgehead atoms. The van der Waals surface area contributed by atoms with Crippen molar-refractivity contribution in [1.82, 2.24) is 0 Å². The van der Waals surface area contributed by atoms with Gasteiger partial charge in [-0.3, -0.25) is 0 Å². The second-order valence-electron chi connectivity index (χ2n) is 11.3. The number of unbranched alkanes of at least 4 members (excludes halogenated alkanes) is 26. The molecule has 0 aliphatic heterocycles. The van der Waals surface area contributed by atoms with Crippen molar-refractivity contribution in [2.45, 2.75) is 203 Å². The van der Waals surface area contributed by atoms with Gasteiger partial charge in [0.2, 0.25) is 0 Å². The fourth-order valence-electron chi connectivity index (χ4n) is 5.14. The van der Waals surface area contributed by atoms with Gasteiger partial charge in [-0.25, -0.2) is 0 Å². The summed E-state index contributed by atoms with van der Waals surface area (Å²) in [7, 11) is 0. The molecule has 212 valence electrons. The van der Waals surface area contributed by atoms with Crippen LogP contribution in [0.15, 0.2) is 0 Å². The summed E-state index contributed by atoms with van der Waals surface area (Å²) in [6.45, 7) is 4.56. The summed E-state index contributed by atoms with van der Waals surface area (Å²) in [6, 6.07) is 0. The number of rotatable bonds is 30. The Kier molecular flexibility index (Phi) is 29.3. The minimum absolute atomic E-state index is 0.527. The molecule has 0 N–H and O–H groups in total. The molecule has 2 nitrogen and oxygen atoms in total.